The Bertz CT molecular complexity index is 815. The van der Waals surface area contributed by atoms with E-state index in [1.54, 1.807) is 0 Å². The zero-order chi connectivity index (χ0) is 17.8. The van der Waals surface area contributed by atoms with Gasteiger partial charge in [-0.3, -0.25) is 4.90 Å². The number of aliphatic hydroxyl groups excluding tert-OH is 1. The van der Waals surface area contributed by atoms with E-state index in [0.717, 1.165) is 22.6 Å². The highest BCUT2D eigenvalue weighted by molar-refractivity contribution is 7.17. The van der Waals surface area contributed by atoms with E-state index in [4.69, 9.17) is 4.74 Å². The van der Waals surface area contributed by atoms with Crippen LogP contribution in [0.15, 0.2) is 30.6 Å². The quantitative estimate of drug-likeness (QED) is 0.640. The third-order valence-corrected chi connectivity index (χ3v) is 5.04. The molecule has 3 rings (SSSR count). The first-order chi connectivity index (χ1) is 12.2. The van der Waals surface area contributed by atoms with E-state index in [1.165, 1.54) is 22.2 Å². The molecule has 2 heterocycles. The van der Waals surface area contributed by atoms with Crippen LogP contribution in [-0.2, 0) is 0 Å². The first kappa shape index (κ1) is 17.7. The van der Waals surface area contributed by atoms with Crippen molar-refractivity contribution >= 4 is 16.3 Å². The molecule has 0 aliphatic heterocycles. The minimum absolute atomic E-state index is 0.0339. The van der Waals surface area contributed by atoms with Gasteiger partial charge in [-0.05, 0) is 31.2 Å². The Labute approximate surface area is 150 Å². The molecule has 0 aliphatic rings. The molecule has 1 unspecified atom stereocenters. The predicted molar refractivity (Wildman–Crippen MR) is 96.3 cm³/mol. The average molecular weight is 362 g/mol. The number of aromatic hydroxyl groups is 1. The highest BCUT2D eigenvalue weighted by atomic mass is 32.1. The summed E-state index contributed by atoms with van der Waals surface area (Å²) in [4.78, 5) is 7.53. The van der Waals surface area contributed by atoms with Gasteiger partial charge in [0.15, 0.2) is 0 Å². The van der Waals surface area contributed by atoms with Crippen LogP contribution >= 0.6 is 11.3 Å². The van der Waals surface area contributed by atoms with E-state index >= 15 is 0 Å². The number of ether oxygens (including phenoxy) is 1. The largest absolute Gasteiger partial charge is 0.494 e. The minimum Gasteiger partial charge on any atom is -0.494 e. The molecule has 134 valence electrons. The van der Waals surface area contributed by atoms with Crippen LogP contribution in [0, 0.1) is 0 Å². The monoisotopic (exact) mass is 362 g/mol. The lowest BCUT2D eigenvalue weighted by molar-refractivity contribution is 0.196. The number of hydrogen-bond acceptors (Lipinski definition) is 7. The van der Waals surface area contributed by atoms with E-state index in [9.17, 15) is 10.2 Å². The summed E-state index contributed by atoms with van der Waals surface area (Å²) in [7, 11) is 1.91. The Hall–Kier alpha value is -2.16. The van der Waals surface area contributed by atoms with Gasteiger partial charge in [0.05, 0.1) is 24.1 Å². The second-order valence-corrected chi connectivity index (χ2v) is 6.78. The maximum Gasteiger partial charge on any atom is 0.230 e. The first-order valence-electron chi connectivity index (χ1n) is 8.21. The molecule has 0 aliphatic carbocycles. The zero-order valence-corrected chi connectivity index (χ0v) is 15.1. The molecule has 0 saturated heterocycles. The van der Waals surface area contributed by atoms with Crippen LogP contribution in [0.2, 0.25) is 0 Å². The lowest BCUT2D eigenvalue weighted by atomic mass is 10.0. The number of hydrogen-bond donors (Lipinski definition) is 2. The Morgan fingerprint density at radius 1 is 1.32 bits per heavy atom. The Balaban J connectivity index is 1.97. The number of likely N-dealkylation sites (N-methyl/N-ethyl adjacent to an activating group) is 1. The van der Waals surface area contributed by atoms with Crippen molar-refractivity contribution in [3.63, 3.8) is 0 Å². The topological polar surface area (TPSA) is 83.1 Å². The fraction of sp³-hybridized carbons (Fsp3) is 0.412. The van der Waals surface area contributed by atoms with Gasteiger partial charge in [-0.2, -0.15) is 9.61 Å². The second kappa shape index (κ2) is 7.81. The van der Waals surface area contributed by atoms with Gasteiger partial charge in [0, 0.05) is 6.54 Å². The maximum atomic E-state index is 10.6. The standard InChI is InChI=1S/C17H22N4O3S/c1-3-10-24-13-6-4-12(5-7-13)14(20(2)8-9-22)15-16(23)21-17(25-15)18-11-19-21/h4-7,11,14,22-23H,3,8-10H2,1-2H3. The fourth-order valence-corrected chi connectivity index (χ4v) is 3.85. The molecule has 2 aromatic heterocycles. The van der Waals surface area contributed by atoms with Crippen molar-refractivity contribution < 1.29 is 14.9 Å². The van der Waals surface area contributed by atoms with Crippen LogP contribution in [0.4, 0.5) is 0 Å². The highest BCUT2D eigenvalue weighted by Gasteiger charge is 2.27. The highest BCUT2D eigenvalue weighted by Crippen LogP contribution is 2.39. The van der Waals surface area contributed by atoms with E-state index in [-0.39, 0.29) is 18.5 Å². The molecule has 7 nitrogen and oxygen atoms in total. The third kappa shape index (κ3) is 3.60. The minimum atomic E-state index is -0.208. The van der Waals surface area contributed by atoms with Gasteiger partial charge in [-0.15, -0.1) is 0 Å². The first-order valence-corrected chi connectivity index (χ1v) is 9.02. The summed E-state index contributed by atoms with van der Waals surface area (Å²) in [5, 5.41) is 23.9. The van der Waals surface area contributed by atoms with Gasteiger partial charge < -0.3 is 14.9 Å². The van der Waals surface area contributed by atoms with E-state index in [2.05, 4.69) is 17.0 Å². The number of fused-ring (bicyclic) bond motifs is 1. The SMILES string of the molecule is CCCOc1ccc(C(c2sc3ncnn3c2O)N(C)CCO)cc1. The van der Waals surface area contributed by atoms with Gasteiger partial charge in [-0.25, -0.2) is 4.98 Å². The van der Waals surface area contributed by atoms with Gasteiger partial charge in [0.25, 0.3) is 0 Å². The lowest BCUT2D eigenvalue weighted by Gasteiger charge is -2.27. The summed E-state index contributed by atoms with van der Waals surface area (Å²) in [6.45, 7) is 3.26. The summed E-state index contributed by atoms with van der Waals surface area (Å²) in [5.74, 6) is 0.902. The van der Waals surface area contributed by atoms with Crippen LogP contribution in [-0.4, -0.2) is 56.5 Å². The van der Waals surface area contributed by atoms with E-state index in [0.29, 0.717) is 18.1 Å². The fourth-order valence-electron chi connectivity index (χ4n) is 2.73. The third-order valence-electron chi connectivity index (χ3n) is 3.95. The zero-order valence-electron chi connectivity index (χ0n) is 14.3. The second-order valence-electron chi connectivity index (χ2n) is 5.77. The molecule has 1 atom stereocenters. The molecular formula is C17H22N4O3S. The smallest absolute Gasteiger partial charge is 0.230 e. The van der Waals surface area contributed by atoms with Gasteiger partial charge >= 0.3 is 0 Å². The van der Waals surface area contributed by atoms with Crippen LogP contribution in [0.3, 0.4) is 0 Å². The normalized spacial score (nSPS) is 12.8. The number of benzene rings is 1. The van der Waals surface area contributed by atoms with Crippen LogP contribution in [0.1, 0.15) is 29.8 Å². The maximum absolute atomic E-state index is 10.6. The van der Waals surface area contributed by atoms with Gasteiger partial charge in [-0.1, -0.05) is 30.4 Å². The summed E-state index contributed by atoms with van der Waals surface area (Å²) < 4.78 is 7.07. The number of thiazole rings is 1. The van der Waals surface area contributed by atoms with Gasteiger partial charge in [0.1, 0.15) is 12.1 Å². The summed E-state index contributed by atoms with van der Waals surface area (Å²) in [6.07, 6.45) is 2.38. The molecule has 0 saturated carbocycles. The van der Waals surface area contributed by atoms with Crippen molar-refractivity contribution in [3.8, 4) is 11.6 Å². The van der Waals surface area contributed by atoms with Crippen molar-refractivity contribution in [3.05, 3.63) is 41.0 Å². The predicted octanol–water partition coefficient (Wildman–Crippen LogP) is 2.30. The van der Waals surface area contributed by atoms with Crippen LogP contribution < -0.4 is 4.74 Å². The van der Waals surface area contributed by atoms with Crippen LogP contribution in [0.25, 0.3) is 4.96 Å². The van der Waals surface area contributed by atoms with Crippen molar-refractivity contribution in [1.82, 2.24) is 19.5 Å². The number of aliphatic hydroxyl groups is 1. The summed E-state index contributed by atoms with van der Waals surface area (Å²) in [6, 6.07) is 7.62. The molecule has 8 heteroatoms. The molecule has 3 aromatic rings. The lowest BCUT2D eigenvalue weighted by Crippen LogP contribution is -2.28. The van der Waals surface area contributed by atoms with Gasteiger partial charge in [0.2, 0.25) is 10.8 Å². The Kier molecular flexibility index (Phi) is 5.52. The number of aromatic nitrogens is 3. The van der Waals surface area contributed by atoms with Crippen molar-refractivity contribution in [2.24, 2.45) is 0 Å². The van der Waals surface area contributed by atoms with E-state index in [1.807, 2.05) is 36.2 Å². The molecule has 0 spiro atoms. The molecular weight excluding hydrogens is 340 g/mol. The molecule has 1 aromatic carbocycles. The molecule has 0 fully saturated rings. The number of nitrogens with zero attached hydrogens (tertiary/aromatic N) is 4. The van der Waals surface area contributed by atoms with E-state index < -0.39 is 0 Å². The Morgan fingerprint density at radius 2 is 2.08 bits per heavy atom. The van der Waals surface area contributed by atoms with Crippen LogP contribution in [0.5, 0.6) is 11.6 Å². The van der Waals surface area contributed by atoms with Crippen molar-refractivity contribution in [2.75, 3.05) is 26.8 Å². The molecule has 25 heavy (non-hydrogen) atoms. The average Bonchev–Trinajstić information content (AvgIpc) is 3.19. The Morgan fingerprint density at radius 3 is 2.72 bits per heavy atom. The summed E-state index contributed by atoms with van der Waals surface area (Å²) >= 11 is 1.39. The summed E-state index contributed by atoms with van der Waals surface area (Å²) in [5.41, 5.74) is 1.000. The molecule has 0 amide bonds. The number of rotatable bonds is 8. The molecule has 0 bridgehead atoms. The van der Waals surface area contributed by atoms with Crippen molar-refractivity contribution in [2.45, 2.75) is 19.4 Å². The van der Waals surface area contributed by atoms with Crippen molar-refractivity contribution in [1.29, 1.82) is 0 Å². The molecule has 0 radical (unpaired) electrons. The molecule has 2 N–H and O–H groups in total.